The van der Waals surface area contributed by atoms with Crippen LogP contribution < -0.4 is 17.2 Å². The van der Waals surface area contributed by atoms with E-state index in [2.05, 4.69) is 42.5 Å². The third kappa shape index (κ3) is 2.13. The highest BCUT2D eigenvalue weighted by Crippen LogP contribution is 2.40. The van der Waals surface area contributed by atoms with E-state index in [1.54, 1.807) is 30.4 Å². The number of anilines is 1. The van der Waals surface area contributed by atoms with Crippen LogP contribution in [-0.4, -0.2) is 33.7 Å². The standard InChI is InChI=1S/C13H13IN8/c1-18-11-9(10(14)15)8(6-2-4-19-12(16)21-6)7-3-5-20-13(17)22(7)11/h2-5H,15H2,1H3,(H2,17,20)(H2,16,19,21)/b10-9+,18-11+. The molecule has 3 rings (SSSR count). The van der Waals surface area contributed by atoms with E-state index in [9.17, 15) is 0 Å². The molecular weight excluding hydrogens is 395 g/mol. The normalized spacial score (nSPS) is 21.3. The molecule has 0 saturated carbocycles. The first-order valence-corrected chi connectivity index (χ1v) is 7.38. The van der Waals surface area contributed by atoms with Crippen LogP contribution in [0.15, 0.2) is 49.5 Å². The molecule has 0 aromatic carbocycles. The summed E-state index contributed by atoms with van der Waals surface area (Å²) in [7, 11) is 1.68. The predicted octanol–water partition coefficient (Wildman–Crippen LogP) is 0.561. The van der Waals surface area contributed by atoms with Crippen molar-refractivity contribution in [3.63, 3.8) is 0 Å². The summed E-state index contributed by atoms with van der Waals surface area (Å²) in [6.45, 7) is 0. The third-order valence-electron chi connectivity index (χ3n) is 3.23. The SMILES string of the molecule is C/N=C1\C(=C(\N)I)C(c2ccnc(N)n2)=C2C=CN=C(N)N21. The van der Waals surface area contributed by atoms with Gasteiger partial charge in [0.2, 0.25) is 11.9 Å². The second kappa shape index (κ2) is 5.40. The minimum absolute atomic E-state index is 0.187. The molecule has 0 saturated heterocycles. The Kier molecular flexibility index (Phi) is 3.56. The molecule has 2 aliphatic rings. The molecule has 0 bridgehead atoms. The van der Waals surface area contributed by atoms with Crippen LogP contribution in [-0.2, 0) is 0 Å². The number of hydrogen-bond acceptors (Lipinski definition) is 7. The molecule has 0 radical (unpaired) electrons. The highest BCUT2D eigenvalue weighted by molar-refractivity contribution is 14.1. The molecular formula is C13H13IN8. The van der Waals surface area contributed by atoms with E-state index < -0.39 is 0 Å². The molecule has 0 amide bonds. The molecule has 112 valence electrons. The van der Waals surface area contributed by atoms with Gasteiger partial charge in [0.25, 0.3) is 0 Å². The number of aliphatic imine (C=N–C) groups is 2. The average molecular weight is 408 g/mol. The number of hydrogen-bond donors (Lipinski definition) is 3. The van der Waals surface area contributed by atoms with Gasteiger partial charge in [0.1, 0.15) is 5.84 Å². The summed E-state index contributed by atoms with van der Waals surface area (Å²) in [5, 5.41) is 0. The number of allylic oxidation sites excluding steroid dienone is 1. The summed E-state index contributed by atoms with van der Waals surface area (Å²) in [6, 6.07) is 1.77. The number of aromatic nitrogens is 2. The monoisotopic (exact) mass is 408 g/mol. The van der Waals surface area contributed by atoms with Crippen molar-refractivity contribution < 1.29 is 0 Å². The molecule has 2 aliphatic heterocycles. The molecule has 0 aliphatic carbocycles. The summed E-state index contributed by atoms with van der Waals surface area (Å²) in [5.74, 6) is 1.14. The quantitative estimate of drug-likeness (QED) is 0.460. The Labute approximate surface area is 140 Å². The summed E-state index contributed by atoms with van der Waals surface area (Å²) in [5.41, 5.74) is 20.8. The van der Waals surface area contributed by atoms with Crippen LogP contribution in [0.3, 0.4) is 0 Å². The Bertz CT molecular complexity index is 798. The topological polar surface area (TPSA) is 132 Å². The van der Waals surface area contributed by atoms with Crippen molar-refractivity contribution in [2.45, 2.75) is 0 Å². The number of amidine groups is 1. The maximum Gasteiger partial charge on any atom is 0.220 e. The third-order valence-corrected chi connectivity index (χ3v) is 3.77. The van der Waals surface area contributed by atoms with E-state index in [1.165, 1.54) is 0 Å². The lowest BCUT2D eigenvalue weighted by Gasteiger charge is -2.21. The fraction of sp³-hybridized carbons (Fsp3) is 0.0769. The van der Waals surface area contributed by atoms with E-state index in [0.717, 1.165) is 16.8 Å². The Morgan fingerprint density at radius 2 is 2.14 bits per heavy atom. The molecule has 3 heterocycles. The van der Waals surface area contributed by atoms with Crippen LogP contribution in [0, 0.1) is 0 Å². The molecule has 1 aromatic rings. The lowest BCUT2D eigenvalue weighted by Crippen LogP contribution is -2.39. The van der Waals surface area contributed by atoms with Crippen molar-refractivity contribution in [2.75, 3.05) is 12.8 Å². The van der Waals surface area contributed by atoms with Crippen LogP contribution in [0.25, 0.3) is 5.57 Å². The zero-order valence-corrected chi connectivity index (χ0v) is 13.8. The van der Waals surface area contributed by atoms with E-state index >= 15 is 0 Å². The van der Waals surface area contributed by atoms with Gasteiger partial charge in [-0.25, -0.2) is 15.0 Å². The van der Waals surface area contributed by atoms with E-state index in [0.29, 0.717) is 21.2 Å². The number of nitrogens with zero attached hydrogens (tertiary/aromatic N) is 5. The molecule has 0 unspecified atom stereocenters. The van der Waals surface area contributed by atoms with Crippen LogP contribution in [0.4, 0.5) is 5.95 Å². The van der Waals surface area contributed by atoms with Gasteiger partial charge >= 0.3 is 0 Å². The Balaban J connectivity index is 2.33. The summed E-state index contributed by atoms with van der Waals surface area (Å²) < 4.78 is 0.577. The van der Waals surface area contributed by atoms with Gasteiger partial charge in [0.05, 0.1) is 20.7 Å². The number of nitrogens with two attached hydrogens (primary N) is 3. The maximum atomic E-state index is 6.07. The summed E-state index contributed by atoms with van der Waals surface area (Å²) in [4.78, 5) is 18.4. The number of guanidine groups is 1. The van der Waals surface area contributed by atoms with Crippen molar-refractivity contribution in [3.8, 4) is 0 Å². The molecule has 0 spiro atoms. The van der Waals surface area contributed by atoms with Gasteiger partial charge in [0, 0.05) is 25.0 Å². The first-order chi connectivity index (χ1) is 10.5. The number of rotatable bonds is 1. The zero-order valence-electron chi connectivity index (χ0n) is 11.7. The second-order valence-corrected chi connectivity index (χ2v) is 5.63. The average Bonchev–Trinajstić information content (AvgIpc) is 2.83. The van der Waals surface area contributed by atoms with Crippen LogP contribution >= 0.6 is 22.6 Å². The van der Waals surface area contributed by atoms with E-state index in [4.69, 9.17) is 17.2 Å². The van der Waals surface area contributed by atoms with E-state index in [-0.39, 0.29) is 5.95 Å². The predicted molar refractivity (Wildman–Crippen MR) is 94.6 cm³/mol. The first kappa shape index (κ1) is 14.5. The minimum Gasteiger partial charge on any atom is -0.393 e. The van der Waals surface area contributed by atoms with Crippen molar-refractivity contribution in [2.24, 2.45) is 21.5 Å². The zero-order chi connectivity index (χ0) is 15.9. The summed E-state index contributed by atoms with van der Waals surface area (Å²) >= 11 is 2.05. The van der Waals surface area contributed by atoms with Crippen molar-refractivity contribution in [3.05, 3.63) is 45.2 Å². The van der Waals surface area contributed by atoms with Gasteiger partial charge in [-0.05, 0) is 34.7 Å². The highest BCUT2D eigenvalue weighted by atomic mass is 127. The van der Waals surface area contributed by atoms with Gasteiger partial charge in [-0.3, -0.25) is 9.89 Å². The molecule has 1 aromatic heterocycles. The maximum absolute atomic E-state index is 6.07. The van der Waals surface area contributed by atoms with Crippen LogP contribution in [0.5, 0.6) is 0 Å². The van der Waals surface area contributed by atoms with Crippen molar-refractivity contribution >= 4 is 45.9 Å². The minimum atomic E-state index is 0.187. The van der Waals surface area contributed by atoms with Gasteiger partial charge in [0.15, 0.2) is 0 Å². The Morgan fingerprint density at radius 3 is 2.77 bits per heavy atom. The van der Waals surface area contributed by atoms with Gasteiger partial charge in [-0.1, -0.05) is 0 Å². The van der Waals surface area contributed by atoms with Crippen LogP contribution in [0.2, 0.25) is 0 Å². The van der Waals surface area contributed by atoms with Crippen LogP contribution in [0.1, 0.15) is 5.69 Å². The highest BCUT2D eigenvalue weighted by Gasteiger charge is 2.37. The summed E-state index contributed by atoms with van der Waals surface area (Å²) in [6.07, 6.45) is 5.06. The van der Waals surface area contributed by atoms with Gasteiger partial charge < -0.3 is 17.2 Å². The van der Waals surface area contributed by atoms with Crippen molar-refractivity contribution in [1.29, 1.82) is 0 Å². The molecule has 8 nitrogen and oxygen atoms in total. The number of halogens is 1. The number of fused-ring (bicyclic) bond motifs is 1. The fourth-order valence-corrected chi connectivity index (χ4v) is 2.93. The lowest BCUT2D eigenvalue weighted by atomic mass is 10.0. The number of nitrogen functional groups attached to an aromatic ring is 1. The first-order valence-electron chi connectivity index (χ1n) is 6.30. The lowest BCUT2D eigenvalue weighted by molar-refractivity contribution is 0.773. The van der Waals surface area contributed by atoms with Gasteiger partial charge in [-0.2, -0.15) is 0 Å². The smallest absolute Gasteiger partial charge is 0.220 e. The Morgan fingerprint density at radius 1 is 1.36 bits per heavy atom. The molecule has 0 atom stereocenters. The van der Waals surface area contributed by atoms with Crippen molar-refractivity contribution in [1.82, 2.24) is 14.9 Å². The van der Waals surface area contributed by atoms with E-state index in [1.807, 2.05) is 6.08 Å². The second-order valence-electron chi connectivity index (χ2n) is 4.47. The fourth-order valence-electron chi connectivity index (χ4n) is 2.42. The molecule has 0 fully saturated rings. The largest absolute Gasteiger partial charge is 0.393 e. The molecule has 6 N–H and O–H groups in total. The molecule has 22 heavy (non-hydrogen) atoms. The molecule has 9 heteroatoms. The Hall–Kier alpha value is -2.43. The van der Waals surface area contributed by atoms with Gasteiger partial charge in [-0.15, -0.1) is 0 Å².